The van der Waals surface area contributed by atoms with E-state index in [4.69, 9.17) is 11.6 Å². The Morgan fingerprint density at radius 2 is 2.36 bits per heavy atom. The molecule has 1 N–H and O–H groups in total. The van der Waals surface area contributed by atoms with Gasteiger partial charge in [-0.2, -0.15) is 0 Å². The largest absolute Gasteiger partial charge is 0.367 e. The molecule has 1 saturated carbocycles. The minimum atomic E-state index is 0.556. The van der Waals surface area contributed by atoms with Crippen LogP contribution in [0.4, 0.5) is 5.82 Å². The summed E-state index contributed by atoms with van der Waals surface area (Å²) in [6.45, 7) is 2.21. The SMILES string of the molecule is CCC(Nc1cccc(Cl)n1)C1CC1. The monoisotopic (exact) mass is 210 g/mol. The highest BCUT2D eigenvalue weighted by atomic mass is 35.5. The van der Waals surface area contributed by atoms with E-state index in [9.17, 15) is 0 Å². The molecule has 1 fully saturated rings. The van der Waals surface area contributed by atoms with Gasteiger partial charge in [0.25, 0.3) is 0 Å². The number of nitrogens with zero attached hydrogens (tertiary/aromatic N) is 1. The van der Waals surface area contributed by atoms with Crippen molar-refractivity contribution in [3.8, 4) is 0 Å². The fraction of sp³-hybridized carbons (Fsp3) is 0.545. The van der Waals surface area contributed by atoms with E-state index >= 15 is 0 Å². The fourth-order valence-electron chi connectivity index (χ4n) is 1.73. The standard InChI is InChI=1S/C11H15ClN2/c1-2-9(8-6-7-8)13-11-5-3-4-10(12)14-11/h3-5,8-9H,2,6-7H2,1H3,(H,13,14). The fourth-order valence-corrected chi connectivity index (χ4v) is 1.89. The van der Waals surface area contributed by atoms with Crippen LogP contribution in [-0.2, 0) is 0 Å². The normalized spacial score (nSPS) is 17.9. The van der Waals surface area contributed by atoms with Crippen LogP contribution in [0.1, 0.15) is 26.2 Å². The van der Waals surface area contributed by atoms with Crippen molar-refractivity contribution in [3.05, 3.63) is 23.4 Å². The van der Waals surface area contributed by atoms with Crippen molar-refractivity contribution in [2.75, 3.05) is 5.32 Å². The smallest absolute Gasteiger partial charge is 0.131 e. The molecular weight excluding hydrogens is 196 g/mol. The third-order valence-electron chi connectivity index (χ3n) is 2.68. The molecule has 1 heterocycles. The van der Waals surface area contributed by atoms with Crippen molar-refractivity contribution in [2.45, 2.75) is 32.2 Å². The molecule has 0 aliphatic heterocycles. The molecule has 76 valence electrons. The Labute approximate surface area is 89.7 Å². The summed E-state index contributed by atoms with van der Waals surface area (Å²) in [5.41, 5.74) is 0. The Morgan fingerprint density at radius 1 is 1.57 bits per heavy atom. The van der Waals surface area contributed by atoms with Gasteiger partial charge in [0.15, 0.2) is 0 Å². The Morgan fingerprint density at radius 3 is 2.93 bits per heavy atom. The summed E-state index contributed by atoms with van der Waals surface area (Å²) in [5, 5.41) is 3.99. The highest BCUT2D eigenvalue weighted by Crippen LogP contribution is 2.35. The van der Waals surface area contributed by atoms with Gasteiger partial charge in [-0.05, 0) is 37.3 Å². The summed E-state index contributed by atoms with van der Waals surface area (Å²) >= 11 is 5.82. The lowest BCUT2D eigenvalue weighted by Crippen LogP contribution is -2.21. The van der Waals surface area contributed by atoms with Gasteiger partial charge < -0.3 is 5.32 Å². The summed E-state index contributed by atoms with van der Waals surface area (Å²) in [6, 6.07) is 6.26. The lowest BCUT2D eigenvalue weighted by molar-refractivity contribution is 0.614. The van der Waals surface area contributed by atoms with Crippen LogP contribution >= 0.6 is 11.6 Å². The number of nitrogens with one attached hydrogen (secondary N) is 1. The molecule has 3 heteroatoms. The van der Waals surface area contributed by atoms with E-state index in [2.05, 4.69) is 17.2 Å². The average molecular weight is 211 g/mol. The van der Waals surface area contributed by atoms with E-state index in [0.717, 1.165) is 18.2 Å². The van der Waals surface area contributed by atoms with Crippen molar-refractivity contribution in [1.82, 2.24) is 4.98 Å². The van der Waals surface area contributed by atoms with E-state index in [0.29, 0.717) is 11.2 Å². The summed E-state index contributed by atoms with van der Waals surface area (Å²) in [4.78, 5) is 4.23. The molecule has 1 atom stereocenters. The molecule has 0 aromatic carbocycles. The third-order valence-corrected chi connectivity index (χ3v) is 2.89. The van der Waals surface area contributed by atoms with Gasteiger partial charge in [0.1, 0.15) is 11.0 Å². The van der Waals surface area contributed by atoms with Crippen molar-refractivity contribution < 1.29 is 0 Å². The van der Waals surface area contributed by atoms with E-state index in [1.54, 1.807) is 6.07 Å². The second-order valence-electron chi connectivity index (χ2n) is 3.84. The zero-order valence-electron chi connectivity index (χ0n) is 8.33. The van der Waals surface area contributed by atoms with Crippen LogP contribution in [0.25, 0.3) is 0 Å². The highest BCUT2D eigenvalue weighted by Gasteiger charge is 2.29. The van der Waals surface area contributed by atoms with Crippen molar-refractivity contribution in [2.24, 2.45) is 5.92 Å². The number of hydrogen-bond donors (Lipinski definition) is 1. The maximum atomic E-state index is 5.82. The zero-order valence-corrected chi connectivity index (χ0v) is 9.09. The first-order valence-corrected chi connectivity index (χ1v) is 5.56. The first-order valence-electron chi connectivity index (χ1n) is 5.18. The molecule has 2 nitrogen and oxygen atoms in total. The molecule has 1 unspecified atom stereocenters. The van der Waals surface area contributed by atoms with E-state index < -0.39 is 0 Å². The molecule has 1 aliphatic rings. The lowest BCUT2D eigenvalue weighted by Gasteiger charge is -2.16. The number of anilines is 1. The molecular formula is C11H15ClN2. The molecule has 1 aromatic rings. The predicted octanol–water partition coefficient (Wildman–Crippen LogP) is 3.34. The Hall–Kier alpha value is -0.760. The number of aromatic nitrogens is 1. The first kappa shape index (κ1) is 9.78. The molecule has 14 heavy (non-hydrogen) atoms. The minimum Gasteiger partial charge on any atom is -0.367 e. The number of pyridine rings is 1. The topological polar surface area (TPSA) is 24.9 Å². The van der Waals surface area contributed by atoms with Crippen LogP contribution in [0.5, 0.6) is 0 Å². The van der Waals surface area contributed by atoms with E-state index in [-0.39, 0.29) is 0 Å². The molecule has 0 radical (unpaired) electrons. The van der Waals surface area contributed by atoms with Crippen LogP contribution in [-0.4, -0.2) is 11.0 Å². The predicted molar refractivity (Wildman–Crippen MR) is 59.7 cm³/mol. The molecule has 0 saturated heterocycles. The van der Waals surface area contributed by atoms with Gasteiger partial charge >= 0.3 is 0 Å². The van der Waals surface area contributed by atoms with E-state index in [1.165, 1.54) is 12.8 Å². The molecule has 0 amide bonds. The Bertz CT molecular complexity index is 310. The van der Waals surface area contributed by atoms with Crippen LogP contribution in [0.3, 0.4) is 0 Å². The Kier molecular flexibility index (Phi) is 2.92. The van der Waals surface area contributed by atoms with Crippen molar-refractivity contribution in [1.29, 1.82) is 0 Å². The molecule has 1 aliphatic carbocycles. The maximum absolute atomic E-state index is 5.82. The number of hydrogen-bond acceptors (Lipinski definition) is 2. The molecule has 0 spiro atoms. The van der Waals surface area contributed by atoms with Crippen LogP contribution in [0.2, 0.25) is 5.15 Å². The lowest BCUT2D eigenvalue weighted by atomic mass is 10.1. The third kappa shape index (κ3) is 2.38. The average Bonchev–Trinajstić information content (AvgIpc) is 2.97. The van der Waals surface area contributed by atoms with Gasteiger partial charge in [-0.3, -0.25) is 0 Å². The maximum Gasteiger partial charge on any atom is 0.131 e. The quantitative estimate of drug-likeness (QED) is 0.772. The van der Waals surface area contributed by atoms with Crippen LogP contribution in [0, 0.1) is 5.92 Å². The number of halogens is 1. The summed E-state index contributed by atoms with van der Waals surface area (Å²) < 4.78 is 0. The van der Waals surface area contributed by atoms with Gasteiger partial charge in [0.2, 0.25) is 0 Å². The van der Waals surface area contributed by atoms with Crippen molar-refractivity contribution >= 4 is 17.4 Å². The molecule has 1 aromatic heterocycles. The van der Waals surface area contributed by atoms with Gasteiger partial charge in [0.05, 0.1) is 0 Å². The van der Waals surface area contributed by atoms with Crippen LogP contribution in [0.15, 0.2) is 18.2 Å². The van der Waals surface area contributed by atoms with E-state index in [1.807, 2.05) is 12.1 Å². The summed E-state index contributed by atoms with van der Waals surface area (Å²) in [7, 11) is 0. The summed E-state index contributed by atoms with van der Waals surface area (Å²) in [5.74, 6) is 1.75. The van der Waals surface area contributed by atoms with Gasteiger partial charge in [-0.25, -0.2) is 4.98 Å². The second-order valence-corrected chi connectivity index (χ2v) is 4.23. The minimum absolute atomic E-state index is 0.556. The zero-order chi connectivity index (χ0) is 9.97. The Balaban J connectivity index is 2.01. The molecule has 2 rings (SSSR count). The van der Waals surface area contributed by atoms with Gasteiger partial charge in [-0.1, -0.05) is 24.6 Å². The molecule has 0 bridgehead atoms. The second kappa shape index (κ2) is 4.18. The number of rotatable bonds is 4. The van der Waals surface area contributed by atoms with Crippen LogP contribution < -0.4 is 5.32 Å². The summed E-state index contributed by atoms with van der Waals surface area (Å²) in [6.07, 6.45) is 3.86. The first-order chi connectivity index (χ1) is 6.79. The highest BCUT2D eigenvalue weighted by molar-refractivity contribution is 6.29. The van der Waals surface area contributed by atoms with Gasteiger partial charge in [-0.15, -0.1) is 0 Å². The van der Waals surface area contributed by atoms with Gasteiger partial charge in [0, 0.05) is 6.04 Å². The van der Waals surface area contributed by atoms with Crippen molar-refractivity contribution in [3.63, 3.8) is 0 Å².